The van der Waals surface area contributed by atoms with Crippen molar-refractivity contribution in [3.05, 3.63) is 12.2 Å². The summed E-state index contributed by atoms with van der Waals surface area (Å²) in [5, 5.41) is 3.40. The lowest BCUT2D eigenvalue weighted by molar-refractivity contribution is 0.220. The highest BCUT2D eigenvalue weighted by Gasteiger charge is 2.13. The Bertz CT molecular complexity index is 183. The van der Waals surface area contributed by atoms with Crippen molar-refractivity contribution in [1.82, 2.24) is 10.2 Å². The molecule has 1 aliphatic carbocycles. The molecule has 1 saturated heterocycles. The molecule has 14 heavy (non-hydrogen) atoms. The van der Waals surface area contributed by atoms with E-state index in [2.05, 4.69) is 22.4 Å². The number of allylic oxidation sites excluding steroid dienone is 2. The van der Waals surface area contributed by atoms with Crippen molar-refractivity contribution in [2.45, 2.75) is 25.7 Å². The fourth-order valence-corrected chi connectivity index (χ4v) is 2.42. The minimum absolute atomic E-state index is 0.967. The van der Waals surface area contributed by atoms with Crippen LogP contribution in [-0.2, 0) is 0 Å². The van der Waals surface area contributed by atoms with Crippen molar-refractivity contribution >= 4 is 0 Å². The molecule has 2 aliphatic rings. The normalized spacial score (nSPS) is 29.3. The van der Waals surface area contributed by atoms with Crippen LogP contribution in [0.25, 0.3) is 0 Å². The molecule has 2 nitrogen and oxygen atoms in total. The number of hydrogen-bond acceptors (Lipinski definition) is 2. The Hall–Kier alpha value is -0.340. The first-order valence-electron chi connectivity index (χ1n) is 6.03. The number of piperazine rings is 1. The summed E-state index contributed by atoms with van der Waals surface area (Å²) >= 11 is 0. The van der Waals surface area contributed by atoms with Gasteiger partial charge < -0.3 is 10.2 Å². The lowest BCUT2D eigenvalue weighted by Gasteiger charge is -2.29. The molecular weight excluding hydrogens is 172 g/mol. The standard InChI is InChI=1S/C12H22N2/c1-2-4-12(5-3-1)6-9-14-10-7-13-8-11-14/h1-2,12-13H,3-11H2. The highest BCUT2D eigenvalue weighted by Crippen LogP contribution is 2.21. The summed E-state index contributed by atoms with van der Waals surface area (Å²) in [5.41, 5.74) is 0. The van der Waals surface area contributed by atoms with E-state index < -0.39 is 0 Å². The fraction of sp³-hybridized carbons (Fsp3) is 0.833. The first-order valence-corrected chi connectivity index (χ1v) is 6.03. The minimum Gasteiger partial charge on any atom is -0.314 e. The van der Waals surface area contributed by atoms with Gasteiger partial charge in [-0.05, 0) is 38.1 Å². The maximum atomic E-state index is 3.40. The molecule has 0 bridgehead atoms. The van der Waals surface area contributed by atoms with Gasteiger partial charge in [-0.1, -0.05) is 12.2 Å². The molecule has 0 amide bonds. The predicted molar refractivity (Wildman–Crippen MR) is 60.4 cm³/mol. The van der Waals surface area contributed by atoms with E-state index in [0.29, 0.717) is 0 Å². The molecule has 2 heteroatoms. The molecule has 1 N–H and O–H groups in total. The maximum absolute atomic E-state index is 3.40. The summed E-state index contributed by atoms with van der Waals surface area (Å²) in [4.78, 5) is 2.61. The Morgan fingerprint density at radius 3 is 2.79 bits per heavy atom. The van der Waals surface area contributed by atoms with E-state index in [4.69, 9.17) is 0 Å². The first-order chi connectivity index (χ1) is 6.95. The van der Waals surface area contributed by atoms with Gasteiger partial charge in [0.2, 0.25) is 0 Å². The van der Waals surface area contributed by atoms with Crippen LogP contribution in [0.2, 0.25) is 0 Å². The van der Waals surface area contributed by atoms with E-state index in [1.54, 1.807) is 0 Å². The van der Waals surface area contributed by atoms with Crippen molar-refractivity contribution in [3.63, 3.8) is 0 Å². The van der Waals surface area contributed by atoms with Gasteiger partial charge in [0.25, 0.3) is 0 Å². The van der Waals surface area contributed by atoms with Gasteiger partial charge in [0.1, 0.15) is 0 Å². The van der Waals surface area contributed by atoms with E-state index in [9.17, 15) is 0 Å². The van der Waals surface area contributed by atoms with E-state index in [1.165, 1.54) is 58.4 Å². The third kappa shape index (κ3) is 3.10. The molecular formula is C12H22N2. The van der Waals surface area contributed by atoms with Gasteiger partial charge in [-0.25, -0.2) is 0 Å². The Balaban J connectivity index is 1.63. The predicted octanol–water partition coefficient (Wildman–Crippen LogP) is 1.64. The topological polar surface area (TPSA) is 15.3 Å². The molecule has 0 aromatic carbocycles. The second-order valence-electron chi connectivity index (χ2n) is 4.53. The Labute approximate surface area is 87.4 Å². The SMILES string of the molecule is C1=CCC(CCN2CCNCC2)CC1. The van der Waals surface area contributed by atoms with Crippen LogP contribution in [0.1, 0.15) is 25.7 Å². The zero-order valence-electron chi connectivity index (χ0n) is 9.04. The van der Waals surface area contributed by atoms with Gasteiger partial charge in [0.15, 0.2) is 0 Å². The number of nitrogens with zero attached hydrogens (tertiary/aromatic N) is 1. The summed E-state index contributed by atoms with van der Waals surface area (Å²) in [6.07, 6.45) is 10.2. The number of rotatable bonds is 3. The summed E-state index contributed by atoms with van der Waals surface area (Å²) < 4.78 is 0. The van der Waals surface area contributed by atoms with Crippen LogP contribution in [0.3, 0.4) is 0 Å². The summed E-state index contributed by atoms with van der Waals surface area (Å²) in [7, 11) is 0. The molecule has 1 fully saturated rings. The second kappa shape index (κ2) is 5.52. The molecule has 80 valence electrons. The van der Waals surface area contributed by atoms with Crippen LogP contribution >= 0.6 is 0 Å². The van der Waals surface area contributed by atoms with Crippen molar-refractivity contribution in [1.29, 1.82) is 0 Å². The molecule has 0 radical (unpaired) electrons. The van der Waals surface area contributed by atoms with E-state index in [-0.39, 0.29) is 0 Å². The van der Waals surface area contributed by atoms with Gasteiger partial charge in [-0.3, -0.25) is 0 Å². The average Bonchev–Trinajstić information content (AvgIpc) is 2.29. The van der Waals surface area contributed by atoms with Gasteiger partial charge in [-0.2, -0.15) is 0 Å². The Morgan fingerprint density at radius 1 is 1.21 bits per heavy atom. The highest BCUT2D eigenvalue weighted by molar-refractivity contribution is 4.90. The third-order valence-corrected chi connectivity index (χ3v) is 3.44. The fourth-order valence-electron chi connectivity index (χ4n) is 2.42. The van der Waals surface area contributed by atoms with Gasteiger partial charge in [0, 0.05) is 26.2 Å². The van der Waals surface area contributed by atoms with Crippen LogP contribution in [0, 0.1) is 5.92 Å². The number of hydrogen-bond donors (Lipinski definition) is 1. The van der Waals surface area contributed by atoms with E-state index in [0.717, 1.165) is 5.92 Å². The summed E-state index contributed by atoms with van der Waals surface area (Å²) in [6.45, 7) is 6.19. The van der Waals surface area contributed by atoms with Crippen LogP contribution < -0.4 is 5.32 Å². The van der Waals surface area contributed by atoms with Gasteiger partial charge >= 0.3 is 0 Å². The zero-order valence-corrected chi connectivity index (χ0v) is 9.04. The molecule has 0 aromatic rings. The summed E-state index contributed by atoms with van der Waals surface area (Å²) in [6, 6.07) is 0. The quantitative estimate of drug-likeness (QED) is 0.687. The van der Waals surface area contributed by atoms with Crippen LogP contribution in [0.15, 0.2) is 12.2 Å². The number of nitrogens with one attached hydrogen (secondary N) is 1. The van der Waals surface area contributed by atoms with Crippen LogP contribution in [-0.4, -0.2) is 37.6 Å². The molecule has 0 spiro atoms. The molecule has 2 rings (SSSR count). The molecule has 0 aromatic heterocycles. The zero-order chi connectivity index (χ0) is 9.64. The second-order valence-corrected chi connectivity index (χ2v) is 4.53. The lowest BCUT2D eigenvalue weighted by Crippen LogP contribution is -2.44. The molecule has 1 unspecified atom stereocenters. The van der Waals surface area contributed by atoms with Gasteiger partial charge in [0.05, 0.1) is 0 Å². The van der Waals surface area contributed by atoms with Crippen LogP contribution in [0.5, 0.6) is 0 Å². The largest absolute Gasteiger partial charge is 0.314 e. The molecule has 1 heterocycles. The van der Waals surface area contributed by atoms with Gasteiger partial charge in [-0.15, -0.1) is 0 Å². The van der Waals surface area contributed by atoms with E-state index >= 15 is 0 Å². The molecule has 0 saturated carbocycles. The van der Waals surface area contributed by atoms with E-state index in [1.807, 2.05) is 0 Å². The van der Waals surface area contributed by atoms with Crippen LogP contribution in [0.4, 0.5) is 0 Å². The Morgan fingerprint density at radius 2 is 2.07 bits per heavy atom. The molecule has 1 aliphatic heterocycles. The van der Waals surface area contributed by atoms with Crippen molar-refractivity contribution in [3.8, 4) is 0 Å². The Kier molecular flexibility index (Phi) is 4.02. The highest BCUT2D eigenvalue weighted by atomic mass is 15.2. The van der Waals surface area contributed by atoms with Crippen molar-refractivity contribution < 1.29 is 0 Å². The lowest BCUT2D eigenvalue weighted by atomic mass is 9.91. The minimum atomic E-state index is 0.967. The maximum Gasteiger partial charge on any atom is 0.0107 e. The first kappa shape index (κ1) is 10.2. The average molecular weight is 194 g/mol. The van der Waals surface area contributed by atoms with Crippen molar-refractivity contribution in [2.75, 3.05) is 32.7 Å². The molecule has 1 atom stereocenters. The summed E-state index contributed by atoms with van der Waals surface area (Å²) in [5.74, 6) is 0.967. The monoisotopic (exact) mass is 194 g/mol. The third-order valence-electron chi connectivity index (χ3n) is 3.44. The van der Waals surface area contributed by atoms with Crippen molar-refractivity contribution in [2.24, 2.45) is 5.92 Å². The smallest absolute Gasteiger partial charge is 0.0107 e.